The van der Waals surface area contributed by atoms with E-state index in [2.05, 4.69) is 15.3 Å². The lowest BCUT2D eigenvalue weighted by Gasteiger charge is -2.11. The Labute approximate surface area is 145 Å². The maximum Gasteiger partial charge on any atom is 0.253 e. The summed E-state index contributed by atoms with van der Waals surface area (Å²) in [5.41, 5.74) is 2.63. The molecule has 1 aromatic carbocycles. The predicted molar refractivity (Wildman–Crippen MR) is 96.0 cm³/mol. The number of amides is 1. The van der Waals surface area contributed by atoms with E-state index in [0.717, 1.165) is 22.4 Å². The van der Waals surface area contributed by atoms with Gasteiger partial charge >= 0.3 is 0 Å². The highest BCUT2D eigenvalue weighted by molar-refractivity contribution is 7.99. The summed E-state index contributed by atoms with van der Waals surface area (Å²) in [6, 6.07) is 2.56. The van der Waals surface area contributed by atoms with Crippen molar-refractivity contribution in [3.8, 4) is 0 Å². The van der Waals surface area contributed by atoms with Gasteiger partial charge < -0.3 is 5.32 Å². The number of hydrogen-bond acceptors (Lipinski definition) is 4. The monoisotopic (exact) mass is 347 g/mol. The lowest BCUT2D eigenvalue weighted by atomic mass is 10.1. The first kappa shape index (κ1) is 17.1. The van der Waals surface area contributed by atoms with Crippen LogP contribution in [0.2, 0.25) is 0 Å². The summed E-state index contributed by atoms with van der Waals surface area (Å²) < 4.78 is 13.8. The second-order valence-electron chi connectivity index (χ2n) is 6.25. The number of halogens is 1. The van der Waals surface area contributed by atoms with Gasteiger partial charge in [0.15, 0.2) is 0 Å². The number of benzene rings is 1. The molecule has 0 unspecified atom stereocenters. The molecule has 6 heteroatoms. The molecule has 4 nitrogen and oxygen atoms in total. The van der Waals surface area contributed by atoms with Gasteiger partial charge in [-0.25, -0.2) is 14.4 Å². The fraction of sp³-hybridized carbons (Fsp3) is 0.500. The highest BCUT2D eigenvalue weighted by atomic mass is 32.2. The number of fused-ring (bicyclic) bond motifs is 1. The van der Waals surface area contributed by atoms with Gasteiger partial charge in [-0.15, -0.1) is 0 Å². The predicted octanol–water partition coefficient (Wildman–Crippen LogP) is 3.79. The summed E-state index contributed by atoms with van der Waals surface area (Å²) in [6.45, 7) is 4.24. The van der Waals surface area contributed by atoms with Crippen LogP contribution in [0.1, 0.15) is 47.4 Å². The Hall–Kier alpha value is -1.69. The zero-order chi connectivity index (χ0) is 17.1. The van der Waals surface area contributed by atoms with E-state index in [9.17, 15) is 9.18 Å². The van der Waals surface area contributed by atoms with Crippen LogP contribution in [0, 0.1) is 19.7 Å². The zero-order valence-electron chi connectivity index (χ0n) is 14.1. The molecule has 1 aliphatic rings. The van der Waals surface area contributed by atoms with Gasteiger partial charge in [-0.3, -0.25) is 4.79 Å². The minimum Gasteiger partial charge on any atom is -0.351 e. The summed E-state index contributed by atoms with van der Waals surface area (Å²) in [5.74, 6) is 0.127. The second-order valence-corrected chi connectivity index (χ2v) is 7.66. The van der Waals surface area contributed by atoms with Crippen molar-refractivity contribution in [1.82, 2.24) is 15.3 Å². The lowest BCUT2D eigenvalue weighted by molar-refractivity contribution is 0.0957. The van der Waals surface area contributed by atoms with Gasteiger partial charge in [0.1, 0.15) is 11.3 Å². The van der Waals surface area contributed by atoms with E-state index in [-0.39, 0.29) is 11.5 Å². The summed E-state index contributed by atoms with van der Waals surface area (Å²) in [7, 11) is 0. The first-order chi connectivity index (χ1) is 11.5. The lowest BCUT2D eigenvalue weighted by Crippen LogP contribution is -2.26. The van der Waals surface area contributed by atoms with E-state index in [0.29, 0.717) is 17.6 Å². The third-order valence-corrected chi connectivity index (χ3v) is 5.82. The summed E-state index contributed by atoms with van der Waals surface area (Å²) >= 11 is 1.92. The molecule has 0 atom stereocenters. The van der Waals surface area contributed by atoms with Gasteiger partial charge in [-0.05, 0) is 32.8 Å². The molecule has 24 heavy (non-hydrogen) atoms. The molecule has 128 valence electrons. The Morgan fingerprint density at radius 2 is 1.96 bits per heavy atom. The molecule has 1 aliphatic carbocycles. The molecule has 1 fully saturated rings. The Bertz CT molecular complexity index is 760. The molecule has 1 N–H and O–H groups in total. The number of nitrogens with one attached hydrogen (secondary N) is 1. The molecule has 0 spiro atoms. The van der Waals surface area contributed by atoms with Crippen molar-refractivity contribution in [1.29, 1.82) is 0 Å². The number of carbonyl (C=O) groups excluding carboxylic acids is 1. The molecule has 2 aromatic rings. The van der Waals surface area contributed by atoms with Gasteiger partial charge in [0, 0.05) is 23.6 Å². The molecule has 1 amide bonds. The minimum absolute atomic E-state index is 0.256. The largest absolute Gasteiger partial charge is 0.351 e. The van der Waals surface area contributed by atoms with Crippen LogP contribution in [-0.4, -0.2) is 33.4 Å². The van der Waals surface area contributed by atoms with E-state index in [1.165, 1.54) is 37.8 Å². The second kappa shape index (κ2) is 7.47. The topological polar surface area (TPSA) is 54.9 Å². The van der Waals surface area contributed by atoms with Gasteiger partial charge in [0.05, 0.1) is 22.5 Å². The summed E-state index contributed by atoms with van der Waals surface area (Å²) in [6.07, 6.45) is 5.19. The Morgan fingerprint density at radius 3 is 2.71 bits per heavy atom. The van der Waals surface area contributed by atoms with Gasteiger partial charge in [-0.1, -0.05) is 12.8 Å². The number of nitrogens with zero attached hydrogens (tertiary/aromatic N) is 2. The Morgan fingerprint density at radius 1 is 1.25 bits per heavy atom. The van der Waals surface area contributed by atoms with E-state index in [1.807, 2.05) is 25.6 Å². The fourth-order valence-corrected chi connectivity index (χ4v) is 4.23. The van der Waals surface area contributed by atoms with Crippen LogP contribution >= 0.6 is 11.8 Å². The van der Waals surface area contributed by atoms with E-state index in [4.69, 9.17) is 0 Å². The molecule has 1 saturated carbocycles. The zero-order valence-corrected chi connectivity index (χ0v) is 14.9. The van der Waals surface area contributed by atoms with Crippen molar-refractivity contribution >= 4 is 28.7 Å². The molecule has 0 bridgehead atoms. The Kier molecular flexibility index (Phi) is 5.33. The van der Waals surface area contributed by atoms with Crippen LogP contribution in [0.4, 0.5) is 4.39 Å². The molecule has 0 aliphatic heterocycles. The highest BCUT2D eigenvalue weighted by Crippen LogP contribution is 2.28. The first-order valence-corrected chi connectivity index (χ1v) is 9.44. The average molecular weight is 347 g/mol. The molecule has 1 aromatic heterocycles. The number of carbonyl (C=O) groups is 1. The van der Waals surface area contributed by atoms with Crippen LogP contribution in [0.5, 0.6) is 0 Å². The molecular formula is C18H22FN3OS. The third-order valence-electron chi connectivity index (χ3n) is 4.43. The Balaban J connectivity index is 1.70. The molecule has 1 heterocycles. The van der Waals surface area contributed by atoms with Crippen molar-refractivity contribution in [3.05, 3.63) is 34.9 Å². The smallest absolute Gasteiger partial charge is 0.253 e. The third kappa shape index (κ3) is 3.86. The average Bonchev–Trinajstić information content (AvgIpc) is 3.05. The van der Waals surface area contributed by atoms with E-state index in [1.54, 1.807) is 0 Å². The number of aromatic nitrogens is 2. The van der Waals surface area contributed by atoms with Crippen molar-refractivity contribution in [2.24, 2.45) is 0 Å². The van der Waals surface area contributed by atoms with Gasteiger partial charge in [0.2, 0.25) is 0 Å². The normalized spacial score (nSPS) is 15.1. The van der Waals surface area contributed by atoms with Crippen LogP contribution in [0.25, 0.3) is 11.0 Å². The maximum atomic E-state index is 13.8. The maximum absolute atomic E-state index is 13.8. The van der Waals surface area contributed by atoms with Crippen LogP contribution in [-0.2, 0) is 0 Å². The highest BCUT2D eigenvalue weighted by Gasteiger charge is 2.17. The van der Waals surface area contributed by atoms with Gasteiger partial charge in [0.25, 0.3) is 5.91 Å². The molecular weight excluding hydrogens is 325 g/mol. The number of thioether (sulfide) groups is 1. The van der Waals surface area contributed by atoms with Crippen LogP contribution in [0.3, 0.4) is 0 Å². The van der Waals surface area contributed by atoms with E-state index < -0.39 is 5.82 Å². The molecule has 0 saturated heterocycles. The number of rotatable bonds is 5. The summed E-state index contributed by atoms with van der Waals surface area (Å²) in [4.78, 5) is 21.2. The van der Waals surface area contributed by atoms with E-state index >= 15 is 0 Å². The number of hydrogen-bond donors (Lipinski definition) is 1. The van der Waals surface area contributed by atoms with Crippen molar-refractivity contribution in [3.63, 3.8) is 0 Å². The fourth-order valence-electron chi connectivity index (χ4n) is 3.01. The summed E-state index contributed by atoms with van der Waals surface area (Å²) in [5, 5.41) is 3.61. The number of aryl methyl sites for hydroxylation is 2. The van der Waals surface area contributed by atoms with Crippen LogP contribution in [0.15, 0.2) is 12.1 Å². The quantitative estimate of drug-likeness (QED) is 0.836. The minimum atomic E-state index is -0.467. The SMILES string of the molecule is Cc1nc2cc(F)cc(C(=O)NCCSC3CCCC3)c2nc1C. The van der Waals surface area contributed by atoms with Crippen molar-refractivity contribution in [2.75, 3.05) is 12.3 Å². The first-order valence-electron chi connectivity index (χ1n) is 8.39. The molecule has 0 radical (unpaired) electrons. The van der Waals surface area contributed by atoms with Crippen LogP contribution < -0.4 is 5.32 Å². The van der Waals surface area contributed by atoms with Crippen molar-refractivity contribution in [2.45, 2.75) is 44.8 Å². The standard InChI is InChI=1S/C18H22FN3OS/c1-11-12(2)22-17-15(9-13(19)10-16(17)21-11)18(23)20-7-8-24-14-5-3-4-6-14/h9-10,14H,3-8H2,1-2H3,(H,20,23). The van der Waals surface area contributed by atoms with Crippen molar-refractivity contribution < 1.29 is 9.18 Å². The molecule has 3 rings (SSSR count). The van der Waals surface area contributed by atoms with Gasteiger partial charge in [-0.2, -0.15) is 11.8 Å².